The largest absolute Gasteiger partial charge is 0.326 e. The van der Waals surface area contributed by atoms with Gasteiger partial charge in [-0.25, -0.2) is 27.6 Å². The summed E-state index contributed by atoms with van der Waals surface area (Å²) in [4.78, 5) is 16.8. The topological polar surface area (TPSA) is 71.3 Å². The number of urea groups is 1. The summed E-state index contributed by atoms with van der Waals surface area (Å²) < 4.78 is 41.6. The van der Waals surface area contributed by atoms with E-state index in [9.17, 15) is 18.0 Å². The molecule has 0 aliphatic rings. The number of carbonyl (C=O) groups excluding carboxylic acids is 1. The van der Waals surface area contributed by atoms with Crippen LogP contribution in [-0.4, -0.2) is 21.9 Å². The zero-order valence-corrected chi connectivity index (χ0v) is 18.6. The van der Waals surface area contributed by atoms with Crippen molar-refractivity contribution >= 4 is 47.1 Å². The lowest BCUT2D eigenvalue weighted by Gasteiger charge is -2.08. The summed E-state index contributed by atoms with van der Waals surface area (Å²) >= 11 is 12.1. The van der Waals surface area contributed by atoms with Gasteiger partial charge in [0.1, 0.15) is 17.5 Å². The fraction of sp³-hybridized carbons (Fsp3) is 0. The van der Waals surface area contributed by atoms with Gasteiger partial charge >= 0.3 is 6.03 Å². The number of aromatic nitrogens is 2. The Labute approximate surface area is 201 Å². The molecule has 4 aromatic rings. The van der Waals surface area contributed by atoms with Gasteiger partial charge in [-0.15, -0.1) is 0 Å². The SMILES string of the molecule is O=C(Nc1ccc(F)cc1F)Nc1nc(-c2ccc(F)cc2)cn1/N=C/c1ccc(Cl)cc1Cl. The van der Waals surface area contributed by atoms with Gasteiger partial charge in [0.25, 0.3) is 0 Å². The Hall–Kier alpha value is -3.82. The van der Waals surface area contributed by atoms with Crippen molar-refractivity contribution in [1.29, 1.82) is 0 Å². The molecule has 0 aliphatic carbocycles. The van der Waals surface area contributed by atoms with Crippen LogP contribution in [0.25, 0.3) is 11.3 Å². The maximum absolute atomic E-state index is 13.9. The van der Waals surface area contributed by atoms with Crippen LogP contribution in [0.3, 0.4) is 0 Å². The minimum Gasteiger partial charge on any atom is -0.305 e. The van der Waals surface area contributed by atoms with Gasteiger partial charge in [0.15, 0.2) is 0 Å². The first-order chi connectivity index (χ1) is 16.3. The standard InChI is InChI=1S/C23H14Cl2F3N5O/c24-15-4-1-14(18(25)9-15)11-29-33-12-21(13-2-5-16(26)6-3-13)30-22(33)32-23(34)31-20-8-7-17(27)10-19(20)28/h1-12H,(H2,30,31,32,34)/b29-11+. The second-order valence-corrected chi connectivity index (χ2v) is 7.76. The molecule has 1 heterocycles. The number of halogens is 5. The highest BCUT2D eigenvalue weighted by Crippen LogP contribution is 2.23. The van der Waals surface area contributed by atoms with Crippen LogP contribution >= 0.6 is 23.2 Å². The third kappa shape index (κ3) is 5.56. The Bertz CT molecular complexity index is 1390. The molecule has 2 amide bonds. The quantitative estimate of drug-likeness (QED) is 0.294. The van der Waals surface area contributed by atoms with Crippen LogP contribution in [0.1, 0.15) is 5.56 Å². The maximum atomic E-state index is 13.9. The third-order valence-corrected chi connectivity index (χ3v) is 5.08. The highest BCUT2D eigenvalue weighted by atomic mass is 35.5. The molecule has 0 spiro atoms. The number of amides is 2. The average molecular weight is 504 g/mol. The summed E-state index contributed by atoms with van der Waals surface area (Å²) in [5.41, 5.74) is 1.26. The molecule has 2 N–H and O–H groups in total. The molecular formula is C23H14Cl2F3N5O. The summed E-state index contributed by atoms with van der Waals surface area (Å²) in [6.45, 7) is 0. The van der Waals surface area contributed by atoms with Crippen LogP contribution in [0.2, 0.25) is 10.0 Å². The zero-order valence-electron chi connectivity index (χ0n) is 17.1. The molecule has 172 valence electrons. The highest BCUT2D eigenvalue weighted by Gasteiger charge is 2.14. The number of imidazole rings is 1. The smallest absolute Gasteiger partial charge is 0.305 e. The monoisotopic (exact) mass is 503 g/mol. The minimum atomic E-state index is -0.944. The van der Waals surface area contributed by atoms with Gasteiger partial charge in [0.05, 0.1) is 28.8 Å². The first-order valence-electron chi connectivity index (χ1n) is 9.66. The Balaban J connectivity index is 1.64. The van der Waals surface area contributed by atoms with E-state index in [0.717, 1.165) is 12.1 Å². The van der Waals surface area contributed by atoms with Crippen molar-refractivity contribution in [1.82, 2.24) is 9.66 Å². The minimum absolute atomic E-state index is 0.0271. The van der Waals surface area contributed by atoms with Crippen molar-refractivity contribution in [3.05, 3.63) is 99.9 Å². The lowest BCUT2D eigenvalue weighted by Crippen LogP contribution is -2.22. The van der Waals surface area contributed by atoms with Crippen LogP contribution in [0, 0.1) is 17.5 Å². The number of benzene rings is 3. The molecule has 3 aromatic carbocycles. The van der Waals surface area contributed by atoms with Crippen LogP contribution in [0.4, 0.5) is 29.6 Å². The second-order valence-electron chi connectivity index (χ2n) is 6.91. The molecule has 0 radical (unpaired) electrons. The van der Waals surface area contributed by atoms with Gasteiger partial charge in [-0.1, -0.05) is 29.3 Å². The van der Waals surface area contributed by atoms with E-state index in [2.05, 4.69) is 20.7 Å². The molecule has 11 heteroatoms. The third-order valence-electron chi connectivity index (χ3n) is 4.52. The van der Waals surface area contributed by atoms with E-state index < -0.39 is 23.5 Å². The number of nitrogens with zero attached hydrogens (tertiary/aromatic N) is 3. The van der Waals surface area contributed by atoms with Crippen molar-refractivity contribution in [3.63, 3.8) is 0 Å². The van der Waals surface area contributed by atoms with Gasteiger partial charge in [-0.2, -0.15) is 5.10 Å². The summed E-state index contributed by atoms with van der Waals surface area (Å²) in [6, 6.07) is 12.3. The lowest BCUT2D eigenvalue weighted by molar-refractivity contribution is 0.262. The summed E-state index contributed by atoms with van der Waals surface area (Å²) in [7, 11) is 0. The number of carbonyl (C=O) groups is 1. The molecular weight excluding hydrogens is 490 g/mol. The number of hydrogen-bond donors (Lipinski definition) is 2. The fourth-order valence-corrected chi connectivity index (χ4v) is 3.34. The van der Waals surface area contributed by atoms with E-state index in [1.165, 1.54) is 41.4 Å². The first kappa shape index (κ1) is 23.3. The first-order valence-corrected chi connectivity index (χ1v) is 10.4. The summed E-state index contributed by atoms with van der Waals surface area (Å²) in [5, 5.41) is 9.83. The molecule has 6 nitrogen and oxygen atoms in total. The van der Waals surface area contributed by atoms with E-state index >= 15 is 0 Å². The number of anilines is 2. The normalized spacial score (nSPS) is 11.1. The van der Waals surface area contributed by atoms with Crippen LogP contribution < -0.4 is 10.6 Å². The fourth-order valence-electron chi connectivity index (χ4n) is 2.88. The lowest BCUT2D eigenvalue weighted by atomic mass is 10.2. The zero-order chi connectivity index (χ0) is 24.2. The molecule has 0 aliphatic heterocycles. The van der Waals surface area contributed by atoms with Gasteiger partial charge in [0, 0.05) is 22.2 Å². The maximum Gasteiger partial charge on any atom is 0.326 e. The highest BCUT2D eigenvalue weighted by molar-refractivity contribution is 6.36. The molecule has 0 bridgehead atoms. The van der Waals surface area contributed by atoms with Crippen molar-refractivity contribution < 1.29 is 18.0 Å². The van der Waals surface area contributed by atoms with Crippen molar-refractivity contribution in [2.45, 2.75) is 0 Å². The Morgan fingerprint density at radius 1 is 0.941 bits per heavy atom. The van der Waals surface area contributed by atoms with E-state index in [4.69, 9.17) is 23.2 Å². The van der Waals surface area contributed by atoms with Gasteiger partial charge in [-0.3, -0.25) is 5.32 Å². The molecule has 4 rings (SSSR count). The van der Waals surface area contributed by atoms with E-state index in [1.807, 2.05) is 0 Å². The molecule has 0 saturated heterocycles. The van der Waals surface area contributed by atoms with Crippen molar-refractivity contribution in [3.8, 4) is 11.3 Å². The number of hydrogen-bond acceptors (Lipinski definition) is 3. The van der Waals surface area contributed by atoms with Crippen LogP contribution in [0.15, 0.2) is 72.0 Å². The molecule has 0 fully saturated rings. The average Bonchev–Trinajstić information content (AvgIpc) is 3.18. The predicted octanol–water partition coefficient (Wildman–Crippen LogP) is 6.80. The van der Waals surface area contributed by atoms with Gasteiger partial charge < -0.3 is 5.32 Å². The molecule has 0 unspecified atom stereocenters. The van der Waals surface area contributed by atoms with Gasteiger partial charge in [0.2, 0.25) is 5.95 Å². The summed E-state index contributed by atoms with van der Waals surface area (Å²) in [6.07, 6.45) is 2.93. The molecule has 34 heavy (non-hydrogen) atoms. The number of rotatable bonds is 5. The Kier molecular flexibility index (Phi) is 6.85. The van der Waals surface area contributed by atoms with Crippen LogP contribution in [-0.2, 0) is 0 Å². The van der Waals surface area contributed by atoms with E-state index in [-0.39, 0.29) is 11.6 Å². The summed E-state index contributed by atoms with van der Waals surface area (Å²) in [5.74, 6) is -2.17. The van der Waals surface area contributed by atoms with Crippen molar-refractivity contribution in [2.24, 2.45) is 5.10 Å². The Morgan fingerprint density at radius 3 is 2.38 bits per heavy atom. The second kappa shape index (κ2) is 9.98. The van der Waals surface area contributed by atoms with Gasteiger partial charge in [-0.05, 0) is 48.5 Å². The van der Waals surface area contributed by atoms with Crippen LogP contribution in [0.5, 0.6) is 0 Å². The molecule has 0 atom stereocenters. The van der Waals surface area contributed by atoms with Crippen molar-refractivity contribution in [2.75, 3.05) is 10.6 Å². The molecule has 0 saturated carbocycles. The van der Waals surface area contributed by atoms with E-state index in [1.54, 1.807) is 18.2 Å². The molecule has 1 aromatic heterocycles. The van der Waals surface area contributed by atoms with E-state index in [0.29, 0.717) is 32.9 Å². The predicted molar refractivity (Wildman–Crippen MR) is 126 cm³/mol. The Morgan fingerprint density at radius 2 is 1.68 bits per heavy atom. The number of nitrogens with one attached hydrogen (secondary N) is 2.